The van der Waals surface area contributed by atoms with E-state index in [-0.39, 0.29) is 5.69 Å². The summed E-state index contributed by atoms with van der Waals surface area (Å²) in [5.41, 5.74) is 0.961. The number of halogens is 2. The van der Waals surface area contributed by atoms with E-state index < -0.39 is 0 Å². The van der Waals surface area contributed by atoms with Crippen LogP contribution < -0.4 is 0 Å². The summed E-state index contributed by atoms with van der Waals surface area (Å²) in [4.78, 5) is 14.6. The van der Waals surface area contributed by atoms with Gasteiger partial charge in [-0.15, -0.1) is 0 Å². The van der Waals surface area contributed by atoms with Gasteiger partial charge in [-0.3, -0.25) is 4.79 Å². The highest BCUT2D eigenvalue weighted by atomic mass is 35.5. The summed E-state index contributed by atoms with van der Waals surface area (Å²) in [7, 11) is 0. The van der Waals surface area contributed by atoms with Gasteiger partial charge in [0.05, 0.1) is 10.5 Å². The fourth-order valence-corrected chi connectivity index (χ4v) is 1.60. The zero-order valence-corrected chi connectivity index (χ0v) is 8.51. The quantitative estimate of drug-likeness (QED) is 0.698. The molecule has 1 heterocycles. The lowest BCUT2D eigenvalue weighted by Gasteiger charge is -2.00. The molecule has 0 aliphatic rings. The van der Waals surface area contributed by atoms with E-state index in [1.54, 1.807) is 24.3 Å². The van der Waals surface area contributed by atoms with E-state index in [0.29, 0.717) is 21.8 Å². The van der Waals surface area contributed by atoms with Crippen LogP contribution in [-0.4, -0.2) is 11.3 Å². The third kappa shape index (κ3) is 1.59. The molecule has 0 saturated heterocycles. The lowest BCUT2D eigenvalue weighted by molar-refractivity contribution is 0.111. The number of fused-ring (bicyclic) bond motifs is 1. The van der Waals surface area contributed by atoms with Crippen molar-refractivity contribution in [2.24, 2.45) is 0 Å². The lowest BCUT2D eigenvalue weighted by Crippen LogP contribution is -1.89. The van der Waals surface area contributed by atoms with Gasteiger partial charge in [-0.2, -0.15) is 0 Å². The third-order valence-electron chi connectivity index (χ3n) is 1.87. The Labute approximate surface area is 90.5 Å². The molecule has 0 aliphatic heterocycles. The van der Waals surface area contributed by atoms with Crippen LogP contribution in [0.4, 0.5) is 0 Å². The normalized spacial score (nSPS) is 10.4. The van der Waals surface area contributed by atoms with Gasteiger partial charge in [0.1, 0.15) is 5.69 Å². The van der Waals surface area contributed by atoms with Crippen molar-refractivity contribution in [2.75, 3.05) is 0 Å². The maximum Gasteiger partial charge on any atom is 0.169 e. The van der Waals surface area contributed by atoms with Crippen molar-refractivity contribution in [1.29, 1.82) is 0 Å². The molecule has 0 amide bonds. The third-order valence-corrected chi connectivity index (χ3v) is 2.41. The number of hydrogen-bond acceptors (Lipinski definition) is 2. The highest BCUT2D eigenvalue weighted by Gasteiger charge is 2.03. The van der Waals surface area contributed by atoms with E-state index in [1.807, 2.05) is 0 Å². The maximum atomic E-state index is 10.6. The molecule has 2 aromatic rings. The number of hydrogen-bond donors (Lipinski definition) is 0. The number of rotatable bonds is 1. The molecule has 4 heteroatoms. The number of carbonyl (C=O) groups is 1. The molecule has 0 spiro atoms. The Kier molecular flexibility index (Phi) is 2.40. The standard InChI is InChI=1S/C10H5Cl2NO/c11-7-1-2-9-6(3-7)4-8(12)10(5-14)13-9/h1-5H. The number of nitrogens with zero attached hydrogens (tertiary/aromatic N) is 1. The van der Waals surface area contributed by atoms with Crippen LogP contribution in [0, 0.1) is 0 Å². The summed E-state index contributed by atoms with van der Waals surface area (Å²) in [6, 6.07) is 6.91. The Morgan fingerprint density at radius 2 is 2.00 bits per heavy atom. The van der Waals surface area contributed by atoms with Gasteiger partial charge in [0.15, 0.2) is 6.29 Å². The molecule has 0 atom stereocenters. The Hall–Kier alpha value is -1.12. The van der Waals surface area contributed by atoms with Gasteiger partial charge in [-0.05, 0) is 24.3 Å². The summed E-state index contributed by atoms with van der Waals surface area (Å²) in [6.07, 6.45) is 0.635. The second-order valence-electron chi connectivity index (χ2n) is 2.81. The van der Waals surface area contributed by atoms with Crippen LogP contribution >= 0.6 is 23.2 Å². The number of aromatic nitrogens is 1. The van der Waals surface area contributed by atoms with Crippen molar-refractivity contribution >= 4 is 40.4 Å². The monoisotopic (exact) mass is 225 g/mol. The largest absolute Gasteiger partial charge is 0.296 e. The molecule has 0 radical (unpaired) electrons. The highest BCUT2D eigenvalue weighted by Crippen LogP contribution is 2.22. The van der Waals surface area contributed by atoms with E-state index in [4.69, 9.17) is 23.2 Å². The van der Waals surface area contributed by atoms with E-state index >= 15 is 0 Å². The Morgan fingerprint density at radius 1 is 1.21 bits per heavy atom. The van der Waals surface area contributed by atoms with Gasteiger partial charge < -0.3 is 0 Å². The minimum Gasteiger partial charge on any atom is -0.296 e. The molecule has 2 nitrogen and oxygen atoms in total. The summed E-state index contributed by atoms with van der Waals surface area (Å²) < 4.78 is 0. The maximum absolute atomic E-state index is 10.6. The van der Waals surface area contributed by atoms with Crippen molar-refractivity contribution in [3.05, 3.63) is 40.0 Å². The highest BCUT2D eigenvalue weighted by molar-refractivity contribution is 6.34. The Balaban J connectivity index is 2.79. The number of carbonyl (C=O) groups excluding carboxylic acids is 1. The first kappa shape index (κ1) is 9.44. The molecule has 14 heavy (non-hydrogen) atoms. The number of pyridine rings is 1. The SMILES string of the molecule is O=Cc1nc2ccc(Cl)cc2cc1Cl. The molecule has 0 N–H and O–H groups in total. The summed E-state index contributed by atoms with van der Waals surface area (Å²) in [5, 5.41) is 1.79. The first-order valence-electron chi connectivity index (χ1n) is 3.91. The summed E-state index contributed by atoms with van der Waals surface area (Å²) >= 11 is 11.6. The average molecular weight is 226 g/mol. The van der Waals surface area contributed by atoms with Gasteiger partial charge in [0.2, 0.25) is 0 Å². The van der Waals surface area contributed by atoms with Gasteiger partial charge in [0.25, 0.3) is 0 Å². The Bertz CT molecular complexity index is 511. The molecule has 0 aliphatic carbocycles. The first-order chi connectivity index (χ1) is 6.70. The number of benzene rings is 1. The molecule has 2 rings (SSSR count). The van der Waals surface area contributed by atoms with Crippen LogP contribution in [-0.2, 0) is 0 Å². The summed E-state index contributed by atoms with van der Waals surface area (Å²) in [6.45, 7) is 0. The van der Waals surface area contributed by atoms with E-state index in [1.165, 1.54) is 0 Å². The van der Waals surface area contributed by atoms with E-state index in [9.17, 15) is 4.79 Å². The van der Waals surface area contributed by atoms with Crippen LogP contribution in [0.5, 0.6) is 0 Å². The topological polar surface area (TPSA) is 30.0 Å². The molecule has 1 aromatic heterocycles. The van der Waals surface area contributed by atoms with Crippen LogP contribution in [0.15, 0.2) is 24.3 Å². The van der Waals surface area contributed by atoms with E-state index in [2.05, 4.69) is 4.98 Å². The number of aldehydes is 1. The van der Waals surface area contributed by atoms with Crippen molar-refractivity contribution < 1.29 is 4.79 Å². The van der Waals surface area contributed by atoms with Crippen molar-refractivity contribution in [2.45, 2.75) is 0 Å². The smallest absolute Gasteiger partial charge is 0.169 e. The van der Waals surface area contributed by atoms with Crippen molar-refractivity contribution in [3.63, 3.8) is 0 Å². The molecular weight excluding hydrogens is 221 g/mol. The van der Waals surface area contributed by atoms with Gasteiger partial charge in [0, 0.05) is 10.4 Å². The van der Waals surface area contributed by atoms with Gasteiger partial charge in [-0.1, -0.05) is 23.2 Å². The van der Waals surface area contributed by atoms with Crippen molar-refractivity contribution in [3.8, 4) is 0 Å². The fraction of sp³-hybridized carbons (Fsp3) is 0. The van der Waals surface area contributed by atoms with Crippen molar-refractivity contribution in [1.82, 2.24) is 4.98 Å². The molecule has 0 saturated carbocycles. The second kappa shape index (κ2) is 3.56. The predicted molar refractivity (Wildman–Crippen MR) is 57.2 cm³/mol. The Morgan fingerprint density at radius 3 is 2.71 bits per heavy atom. The molecule has 0 unspecified atom stereocenters. The molecule has 0 bridgehead atoms. The zero-order chi connectivity index (χ0) is 10.1. The predicted octanol–water partition coefficient (Wildman–Crippen LogP) is 3.35. The van der Waals surface area contributed by atoms with Gasteiger partial charge >= 0.3 is 0 Å². The minimum atomic E-state index is 0.251. The van der Waals surface area contributed by atoms with Crippen LogP contribution in [0.2, 0.25) is 10.0 Å². The second-order valence-corrected chi connectivity index (χ2v) is 3.65. The van der Waals surface area contributed by atoms with Crippen LogP contribution in [0.25, 0.3) is 10.9 Å². The molecule has 1 aromatic carbocycles. The average Bonchev–Trinajstić information content (AvgIpc) is 2.16. The van der Waals surface area contributed by atoms with Crippen LogP contribution in [0.3, 0.4) is 0 Å². The zero-order valence-electron chi connectivity index (χ0n) is 7.00. The molecule has 70 valence electrons. The van der Waals surface area contributed by atoms with Crippen LogP contribution in [0.1, 0.15) is 10.5 Å². The minimum absolute atomic E-state index is 0.251. The molecular formula is C10H5Cl2NO. The summed E-state index contributed by atoms with van der Waals surface area (Å²) in [5.74, 6) is 0. The van der Waals surface area contributed by atoms with Gasteiger partial charge in [-0.25, -0.2) is 4.98 Å². The van der Waals surface area contributed by atoms with E-state index in [0.717, 1.165) is 5.39 Å². The first-order valence-corrected chi connectivity index (χ1v) is 4.67. The molecule has 0 fully saturated rings. The lowest BCUT2D eigenvalue weighted by atomic mass is 10.2. The fourth-order valence-electron chi connectivity index (χ4n) is 1.22.